The summed E-state index contributed by atoms with van der Waals surface area (Å²) in [5.74, 6) is 1.73. The van der Waals surface area contributed by atoms with E-state index in [4.69, 9.17) is 0 Å². The molecule has 1 nitrogen and oxygen atoms in total. The molecule has 0 saturated heterocycles. The fourth-order valence-electron chi connectivity index (χ4n) is 3.81. The fraction of sp³-hybridized carbons (Fsp3) is 0.667. The molecule has 2 saturated carbocycles. The molecule has 0 spiro atoms. The van der Waals surface area contributed by atoms with Crippen LogP contribution in [0.25, 0.3) is 0 Å². The summed E-state index contributed by atoms with van der Waals surface area (Å²) < 4.78 is 0. The molecule has 2 atom stereocenters. The number of benzene rings is 1. The molecule has 1 aromatic carbocycles. The Morgan fingerprint density at radius 1 is 1.11 bits per heavy atom. The minimum atomic E-state index is -0.437. The monoisotopic (exact) mass is 258 g/mol. The zero-order valence-corrected chi connectivity index (χ0v) is 12.3. The molecule has 2 unspecified atom stereocenters. The summed E-state index contributed by atoms with van der Waals surface area (Å²) in [5.41, 5.74) is 3.56. The van der Waals surface area contributed by atoms with Gasteiger partial charge in [-0.1, -0.05) is 24.6 Å². The zero-order valence-electron chi connectivity index (χ0n) is 12.3. The molecule has 0 bridgehead atoms. The first-order valence-corrected chi connectivity index (χ1v) is 7.84. The summed E-state index contributed by atoms with van der Waals surface area (Å²) in [5, 5.41) is 10.9. The van der Waals surface area contributed by atoms with Crippen molar-refractivity contribution in [1.82, 2.24) is 0 Å². The van der Waals surface area contributed by atoms with Gasteiger partial charge in [0, 0.05) is 6.42 Å². The lowest BCUT2D eigenvalue weighted by Crippen LogP contribution is -2.38. The van der Waals surface area contributed by atoms with Crippen LogP contribution in [0.3, 0.4) is 0 Å². The number of aryl methyl sites for hydroxylation is 2. The average molecular weight is 258 g/mol. The van der Waals surface area contributed by atoms with E-state index in [0.717, 1.165) is 31.1 Å². The second kappa shape index (κ2) is 4.94. The van der Waals surface area contributed by atoms with Gasteiger partial charge < -0.3 is 5.11 Å². The Bertz CT molecular complexity index is 461. The summed E-state index contributed by atoms with van der Waals surface area (Å²) >= 11 is 0. The molecule has 19 heavy (non-hydrogen) atoms. The lowest BCUT2D eigenvalue weighted by Gasteiger charge is -2.37. The van der Waals surface area contributed by atoms with E-state index in [-0.39, 0.29) is 0 Å². The van der Waals surface area contributed by atoms with Crippen LogP contribution in [0, 0.1) is 25.7 Å². The van der Waals surface area contributed by atoms with Crippen molar-refractivity contribution in [3.05, 3.63) is 34.9 Å². The molecule has 0 amide bonds. The molecule has 3 rings (SSSR count). The van der Waals surface area contributed by atoms with Gasteiger partial charge in [0.25, 0.3) is 0 Å². The van der Waals surface area contributed by atoms with Gasteiger partial charge in [0.1, 0.15) is 0 Å². The van der Waals surface area contributed by atoms with Crippen molar-refractivity contribution in [3.8, 4) is 0 Å². The number of aliphatic hydroxyl groups is 1. The van der Waals surface area contributed by atoms with Crippen LogP contribution in [0.4, 0.5) is 0 Å². The maximum atomic E-state index is 10.9. The third kappa shape index (κ3) is 3.02. The Labute approximate surface area is 117 Å². The van der Waals surface area contributed by atoms with E-state index in [1.54, 1.807) is 0 Å². The van der Waals surface area contributed by atoms with Crippen LogP contribution in [-0.2, 0) is 6.42 Å². The van der Waals surface area contributed by atoms with E-state index < -0.39 is 5.60 Å². The molecule has 1 N–H and O–H groups in total. The van der Waals surface area contributed by atoms with Crippen LogP contribution in [-0.4, -0.2) is 10.7 Å². The maximum Gasteiger partial charge on any atom is 0.0690 e. The van der Waals surface area contributed by atoms with Gasteiger partial charge in [0.15, 0.2) is 0 Å². The van der Waals surface area contributed by atoms with Crippen LogP contribution < -0.4 is 0 Å². The highest BCUT2D eigenvalue weighted by Crippen LogP contribution is 2.47. The van der Waals surface area contributed by atoms with E-state index >= 15 is 0 Å². The Morgan fingerprint density at radius 3 is 2.58 bits per heavy atom. The molecule has 1 aromatic rings. The van der Waals surface area contributed by atoms with Crippen molar-refractivity contribution in [1.29, 1.82) is 0 Å². The van der Waals surface area contributed by atoms with Crippen molar-refractivity contribution in [3.63, 3.8) is 0 Å². The van der Waals surface area contributed by atoms with E-state index in [2.05, 4.69) is 32.0 Å². The van der Waals surface area contributed by atoms with Gasteiger partial charge >= 0.3 is 0 Å². The first-order chi connectivity index (χ1) is 9.06. The van der Waals surface area contributed by atoms with Gasteiger partial charge in [-0.15, -0.1) is 0 Å². The third-order valence-electron chi connectivity index (χ3n) is 5.25. The number of hydrogen-bond acceptors (Lipinski definition) is 1. The Morgan fingerprint density at radius 2 is 1.89 bits per heavy atom. The van der Waals surface area contributed by atoms with Crippen molar-refractivity contribution >= 4 is 0 Å². The summed E-state index contributed by atoms with van der Waals surface area (Å²) in [6, 6.07) is 6.64. The normalized spacial score (nSPS) is 31.4. The van der Waals surface area contributed by atoms with Crippen LogP contribution >= 0.6 is 0 Å². The van der Waals surface area contributed by atoms with Gasteiger partial charge in [0.2, 0.25) is 0 Å². The van der Waals surface area contributed by atoms with Gasteiger partial charge in [-0.2, -0.15) is 0 Å². The van der Waals surface area contributed by atoms with Crippen LogP contribution in [0.2, 0.25) is 0 Å². The van der Waals surface area contributed by atoms with Crippen molar-refractivity contribution in [2.75, 3.05) is 0 Å². The summed E-state index contributed by atoms with van der Waals surface area (Å²) in [7, 11) is 0. The highest BCUT2D eigenvalue weighted by atomic mass is 16.3. The predicted octanol–water partition coefficient (Wildman–Crippen LogP) is 4.18. The van der Waals surface area contributed by atoms with Crippen LogP contribution in [0.15, 0.2) is 18.2 Å². The Kier molecular flexibility index (Phi) is 3.42. The van der Waals surface area contributed by atoms with Crippen molar-refractivity contribution < 1.29 is 5.11 Å². The largest absolute Gasteiger partial charge is 0.390 e. The molecule has 104 valence electrons. The zero-order chi connectivity index (χ0) is 13.5. The molecule has 2 aliphatic carbocycles. The highest BCUT2D eigenvalue weighted by Gasteiger charge is 2.40. The number of hydrogen-bond donors (Lipinski definition) is 1. The van der Waals surface area contributed by atoms with E-state index in [1.165, 1.54) is 42.4 Å². The molecule has 0 aliphatic heterocycles. The minimum Gasteiger partial charge on any atom is -0.390 e. The average Bonchev–Trinajstić information content (AvgIpc) is 3.18. The fourth-order valence-corrected chi connectivity index (χ4v) is 3.81. The molecule has 1 heteroatoms. The molecule has 0 aromatic heterocycles. The highest BCUT2D eigenvalue weighted by molar-refractivity contribution is 5.30. The second-order valence-corrected chi connectivity index (χ2v) is 7.01. The standard InChI is InChI=1S/C18H26O/c1-13-5-6-15(10-14(13)2)11-18(19)9-3-4-17(12-18)16-7-8-16/h5-6,10,16-17,19H,3-4,7-9,11-12H2,1-2H3. The number of rotatable bonds is 3. The predicted molar refractivity (Wildman–Crippen MR) is 79.3 cm³/mol. The van der Waals surface area contributed by atoms with Gasteiger partial charge in [-0.05, 0) is 74.5 Å². The Balaban J connectivity index is 1.71. The lowest BCUT2D eigenvalue weighted by molar-refractivity contribution is -0.0195. The quantitative estimate of drug-likeness (QED) is 0.862. The van der Waals surface area contributed by atoms with Crippen LogP contribution in [0.1, 0.15) is 55.2 Å². The SMILES string of the molecule is Cc1ccc(CC2(O)CCCC(C3CC3)C2)cc1C. The van der Waals surface area contributed by atoms with Crippen molar-refractivity contribution in [2.45, 2.75) is 64.4 Å². The lowest BCUT2D eigenvalue weighted by atomic mass is 9.73. The van der Waals surface area contributed by atoms with E-state index in [1.807, 2.05) is 0 Å². The first-order valence-electron chi connectivity index (χ1n) is 7.84. The van der Waals surface area contributed by atoms with Gasteiger partial charge in [0.05, 0.1) is 5.60 Å². The molecular formula is C18H26O. The van der Waals surface area contributed by atoms with E-state index in [9.17, 15) is 5.11 Å². The minimum absolute atomic E-state index is 0.437. The van der Waals surface area contributed by atoms with Gasteiger partial charge in [-0.25, -0.2) is 0 Å². The van der Waals surface area contributed by atoms with Crippen molar-refractivity contribution in [2.24, 2.45) is 11.8 Å². The van der Waals surface area contributed by atoms with E-state index in [0.29, 0.717) is 0 Å². The van der Waals surface area contributed by atoms with Crippen LogP contribution in [0.5, 0.6) is 0 Å². The topological polar surface area (TPSA) is 20.2 Å². The molecule has 0 heterocycles. The third-order valence-corrected chi connectivity index (χ3v) is 5.25. The molecule has 0 radical (unpaired) electrons. The second-order valence-electron chi connectivity index (χ2n) is 7.01. The first kappa shape index (κ1) is 13.2. The maximum absolute atomic E-state index is 10.9. The summed E-state index contributed by atoms with van der Waals surface area (Å²) in [6.45, 7) is 4.31. The van der Waals surface area contributed by atoms with Gasteiger partial charge in [-0.3, -0.25) is 0 Å². The molecule has 2 fully saturated rings. The smallest absolute Gasteiger partial charge is 0.0690 e. The molecular weight excluding hydrogens is 232 g/mol. The summed E-state index contributed by atoms with van der Waals surface area (Å²) in [6.07, 6.45) is 8.24. The summed E-state index contributed by atoms with van der Waals surface area (Å²) in [4.78, 5) is 0. The molecule has 2 aliphatic rings. The Hall–Kier alpha value is -0.820.